The molecule has 0 radical (unpaired) electrons. The molecular weight excluding hydrogens is 328 g/mol. The third-order valence-corrected chi connectivity index (χ3v) is 5.38. The lowest BCUT2D eigenvalue weighted by Gasteiger charge is -2.39. The average Bonchev–Trinajstić information content (AvgIpc) is 3.37. The lowest BCUT2D eigenvalue weighted by molar-refractivity contribution is 0.0460. The number of rotatable bonds is 4. The minimum absolute atomic E-state index is 0.0470. The number of aromatic amines is 1. The number of H-pyrrole nitrogens is 1. The number of para-hydroxylation sites is 1. The molecule has 1 aliphatic carbocycles. The van der Waals surface area contributed by atoms with E-state index in [2.05, 4.69) is 10.1 Å². The molecule has 0 unspecified atom stereocenters. The van der Waals surface area contributed by atoms with Gasteiger partial charge in [-0.05, 0) is 25.0 Å². The maximum Gasteiger partial charge on any atom is 0.266 e. The van der Waals surface area contributed by atoms with E-state index >= 15 is 0 Å². The fourth-order valence-electron chi connectivity index (χ4n) is 3.71. The van der Waals surface area contributed by atoms with E-state index in [-0.39, 0.29) is 17.4 Å². The fourth-order valence-corrected chi connectivity index (χ4v) is 3.71. The van der Waals surface area contributed by atoms with E-state index in [0.29, 0.717) is 31.1 Å². The predicted octanol–water partition coefficient (Wildman–Crippen LogP) is 2.37. The second-order valence-corrected chi connectivity index (χ2v) is 7.38. The Bertz CT molecular complexity index is 1040. The highest BCUT2D eigenvalue weighted by atomic mass is 16.2. The average molecular weight is 348 g/mol. The number of benzene rings is 1. The van der Waals surface area contributed by atoms with Gasteiger partial charge in [0.1, 0.15) is 0 Å². The van der Waals surface area contributed by atoms with E-state index in [9.17, 15) is 9.59 Å². The lowest BCUT2D eigenvalue weighted by Crippen LogP contribution is -2.52. The van der Waals surface area contributed by atoms with Gasteiger partial charge in [0.05, 0.1) is 17.8 Å². The Kier molecular flexibility index (Phi) is 3.45. The van der Waals surface area contributed by atoms with E-state index in [1.807, 2.05) is 35.2 Å². The second kappa shape index (κ2) is 5.83. The van der Waals surface area contributed by atoms with Gasteiger partial charge in [-0.2, -0.15) is 5.10 Å². The summed E-state index contributed by atoms with van der Waals surface area (Å²) >= 11 is 0. The molecule has 1 N–H and O–H groups in total. The van der Waals surface area contributed by atoms with Gasteiger partial charge < -0.3 is 9.88 Å². The molecule has 0 bridgehead atoms. The molecule has 2 aliphatic rings. The minimum atomic E-state index is -0.0594. The highest BCUT2D eigenvalue weighted by Crippen LogP contribution is 2.38. The number of amides is 1. The van der Waals surface area contributed by atoms with Crippen LogP contribution in [0.1, 0.15) is 34.8 Å². The van der Waals surface area contributed by atoms with Crippen molar-refractivity contribution < 1.29 is 4.79 Å². The van der Waals surface area contributed by atoms with Crippen molar-refractivity contribution in [2.45, 2.75) is 25.3 Å². The number of likely N-dealkylation sites (tertiary alicyclic amines) is 1. The highest BCUT2D eigenvalue weighted by Gasteiger charge is 2.33. The van der Waals surface area contributed by atoms with Crippen LogP contribution < -0.4 is 5.56 Å². The second-order valence-electron chi connectivity index (χ2n) is 7.38. The van der Waals surface area contributed by atoms with E-state index in [4.69, 9.17) is 0 Å². The molecule has 0 spiro atoms. The van der Waals surface area contributed by atoms with Crippen LogP contribution in [0.5, 0.6) is 0 Å². The van der Waals surface area contributed by atoms with Crippen molar-refractivity contribution in [3.63, 3.8) is 0 Å². The van der Waals surface area contributed by atoms with Gasteiger partial charge in [-0.3, -0.25) is 9.59 Å². The number of nitrogens with one attached hydrogen (secondary N) is 1. The summed E-state index contributed by atoms with van der Waals surface area (Å²) in [5, 5.41) is 5.47. The zero-order valence-corrected chi connectivity index (χ0v) is 14.4. The number of hydrogen-bond donors (Lipinski definition) is 1. The van der Waals surface area contributed by atoms with E-state index in [1.54, 1.807) is 16.9 Å². The van der Waals surface area contributed by atoms with Gasteiger partial charge in [-0.15, -0.1) is 0 Å². The third kappa shape index (κ3) is 2.62. The van der Waals surface area contributed by atoms with E-state index < -0.39 is 0 Å². The number of carbonyl (C=O) groups excluding carboxylic acids is 1. The van der Waals surface area contributed by atoms with Crippen LogP contribution in [0, 0.1) is 5.92 Å². The zero-order valence-electron chi connectivity index (χ0n) is 14.4. The molecule has 2 fully saturated rings. The van der Waals surface area contributed by atoms with Crippen LogP contribution >= 0.6 is 0 Å². The Morgan fingerprint density at radius 3 is 2.77 bits per heavy atom. The van der Waals surface area contributed by atoms with Crippen molar-refractivity contribution >= 4 is 16.8 Å². The number of hydrogen-bond acceptors (Lipinski definition) is 3. The van der Waals surface area contributed by atoms with Gasteiger partial charge >= 0.3 is 0 Å². The number of nitrogens with zero attached hydrogens (tertiary/aromatic N) is 3. The van der Waals surface area contributed by atoms with Crippen LogP contribution in [0.4, 0.5) is 0 Å². The Labute approximate surface area is 150 Å². The molecule has 1 amide bonds. The topological polar surface area (TPSA) is 71.0 Å². The number of carbonyl (C=O) groups is 1. The van der Waals surface area contributed by atoms with E-state index in [1.165, 1.54) is 12.8 Å². The quantitative estimate of drug-likeness (QED) is 0.787. The molecule has 3 heterocycles. The normalized spacial score (nSPS) is 17.5. The molecule has 5 rings (SSSR count). The van der Waals surface area contributed by atoms with Crippen LogP contribution in [0.25, 0.3) is 10.9 Å². The smallest absolute Gasteiger partial charge is 0.266 e. The van der Waals surface area contributed by atoms with Crippen molar-refractivity contribution in [3.8, 4) is 0 Å². The van der Waals surface area contributed by atoms with Crippen molar-refractivity contribution in [1.29, 1.82) is 0 Å². The van der Waals surface area contributed by atoms with E-state index in [0.717, 1.165) is 16.6 Å². The molecule has 1 saturated carbocycles. The maximum atomic E-state index is 12.7. The first-order valence-electron chi connectivity index (χ1n) is 9.12. The maximum absolute atomic E-state index is 12.7. The van der Waals surface area contributed by atoms with Crippen LogP contribution in [0.3, 0.4) is 0 Å². The Hall–Kier alpha value is -2.89. The standard InChI is InChI=1S/C20H20N4O2/c25-19-8-7-17(14-5-6-14)22-24(19)12-13-10-23(11-13)20(26)16-9-21-18-4-2-1-3-15(16)18/h1-4,7-9,13-14,21H,5-6,10-12H2. The molecule has 0 atom stereocenters. The summed E-state index contributed by atoms with van der Waals surface area (Å²) < 4.78 is 1.58. The summed E-state index contributed by atoms with van der Waals surface area (Å²) in [6, 6.07) is 11.3. The van der Waals surface area contributed by atoms with Gasteiger partial charge in [-0.25, -0.2) is 4.68 Å². The van der Waals surface area contributed by atoms with Crippen LogP contribution in [-0.2, 0) is 6.54 Å². The molecule has 3 aromatic rings. The molecule has 6 heteroatoms. The molecule has 1 aromatic carbocycles. The van der Waals surface area contributed by atoms with Crippen LogP contribution in [-0.4, -0.2) is 38.7 Å². The summed E-state index contributed by atoms with van der Waals surface area (Å²) in [5.41, 5.74) is 2.65. The molecule has 6 nitrogen and oxygen atoms in total. The van der Waals surface area contributed by atoms with Crippen molar-refractivity contribution in [2.24, 2.45) is 5.92 Å². The monoisotopic (exact) mass is 348 g/mol. The summed E-state index contributed by atoms with van der Waals surface area (Å²) in [5.74, 6) is 0.859. The summed E-state index contributed by atoms with van der Waals surface area (Å²) in [6.07, 6.45) is 4.12. The first-order valence-corrected chi connectivity index (χ1v) is 9.12. The Morgan fingerprint density at radius 2 is 1.96 bits per heavy atom. The first-order chi connectivity index (χ1) is 12.7. The summed E-state index contributed by atoms with van der Waals surface area (Å²) in [6.45, 7) is 1.91. The van der Waals surface area contributed by atoms with Crippen molar-refractivity contribution in [3.05, 3.63) is 64.2 Å². The number of aromatic nitrogens is 3. The van der Waals surface area contributed by atoms with Gasteiger partial charge in [0.15, 0.2) is 0 Å². The number of fused-ring (bicyclic) bond motifs is 1. The van der Waals surface area contributed by atoms with Gasteiger partial charge in [-0.1, -0.05) is 18.2 Å². The molecule has 1 saturated heterocycles. The fraction of sp³-hybridized carbons (Fsp3) is 0.350. The summed E-state index contributed by atoms with van der Waals surface area (Å²) in [7, 11) is 0. The lowest BCUT2D eigenvalue weighted by atomic mass is 9.98. The molecule has 132 valence electrons. The van der Waals surface area contributed by atoms with Crippen molar-refractivity contribution in [2.75, 3.05) is 13.1 Å². The molecular formula is C20H20N4O2. The predicted molar refractivity (Wildman–Crippen MR) is 98.2 cm³/mol. The van der Waals surface area contributed by atoms with Gasteiger partial charge in [0, 0.05) is 48.1 Å². The van der Waals surface area contributed by atoms with Crippen LogP contribution in [0.15, 0.2) is 47.4 Å². The minimum Gasteiger partial charge on any atom is -0.360 e. The summed E-state index contributed by atoms with van der Waals surface area (Å²) in [4.78, 5) is 29.8. The van der Waals surface area contributed by atoms with Gasteiger partial charge in [0.25, 0.3) is 11.5 Å². The third-order valence-electron chi connectivity index (χ3n) is 5.38. The molecule has 2 aromatic heterocycles. The van der Waals surface area contributed by atoms with Crippen LogP contribution in [0.2, 0.25) is 0 Å². The Morgan fingerprint density at radius 1 is 1.15 bits per heavy atom. The molecule has 26 heavy (non-hydrogen) atoms. The SMILES string of the molecule is O=C(c1c[nH]c2ccccc12)N1CC(Cn2nc(C3CC3)ccc2=O)C1. The first kappa shape index (κ1) is 15.4. The Balaban J connectivity index is 1.27. The molecule has 1 aliphatic heterocycles. The zero-order chi connectivity index (χ0) is 17.7. The van der Waals surface area contributed by atoms with Gasteiger partial charge in [0.2, 0.25) is 0 Å². The largest absolute Gasteiger partial charge is 0.360 e. The highest BCUT2D eigenvalue weighted by molar-refractivity contribution is 6.06. The van der Waals surface area contributed by atoms with Crippen molar-refractivity contribution in [1.82, 2.24) is 19.7 Å².